The van der Waals surface area contributed by atoms with Gasteiger partial charge in [-0.15, -0.1) is 11.5 Å². The minimum Gasteiger partial charge on any atom is -0.872 e. The van der Waals surface area contributed by atoms with Crippen molar-refractivity contribution in [3.8, 4) is 11.5 Å². The van der Waals surface area contributed by atoms with Crippen LogP contribution in [-0.4, -0.2) is 24.8 Å². The SMILES string of the molecule is CCOC(=O)C(Cc1ccc([O-])cc1)N=Cc1ccccc1[O-].[Mn+2]. The molecule has 5 nitrogen and oxygen atoms in total. The van der Waals surface area contributed by atoms with Gasteiger partial charge in [-0.25, -0.2) is 4.79 Å². The zero-order valence-corrected chi connectivity index (χ0v) is 14.3. The number of hydrogen-bond donors (Lipinski definition) is 0. The monoisotopic (exact) mass is 366 g/mol. The van der Waals surface area contributed by atoms with Gasteiger partial charge in [0.1, 0.15) is 0 Å². The Labute approximate surface area is 151 Å². The molecule has 1 radical (unpaired) electrons. The molecule has 0 aromatic heterocycles. The van der Waals surface area contributed by atoms with Crippen LogP contribution in [0.3, 0.4) is 0 Å². The van der Waals surface area contributed by atoms with E-state index in [4.69, 9.17) is 4.74 Å². The van der Waals surface area contributed by atoms with Crippen molar-refractivity contribution >= 4 is 12.2 Å². The molecule has 0 bridgehead atoms. The maximum atomic E-state index is 12.0. The number of hydrogen-bond acceptors (Lipinski definition) is 5. The molecular weight excluding hydrogens is 349 g/mol. The van der Waals surface area contributed by atoms with Crippen LogP contribution in [-0.2, 0) is 33.0 Å². The van der Waals surface area contributed by atoms with E-state index in [0.717, 1.165) is 5.56 Å². The second kappa shape index (κ2) is 9.75. The van der Waals surface area contributed by atoms with Crippen molar-refractivity contribution in [1.82, 2.24) is 0 Å². The second-order valence-corrected chi connectivity index (χ2v) is 4.93. The van der Waals surface area contributed by atoms with Gasteiger partial charge in [0.15, 0.2) is 6.04 Å². The van der Waals surface area contributed by atoms with Crippen LogP contribution in [0.2, 0.25) is 0 Å². The maximum Gasteiger partial charge on any atom is 2.00 e. The molecule has 0 heterocycles. The fraction of sp³-hybridized carbons (Fsp3) is 0.222. The predicted molar refractivity (Wildman–Crippen MR) is 83.5 cm³/mol. The van der Waals surface area contributed by atoms with Gasteiger partial charge in [-0.3, -0.25) is 4.99 Å². The third-order valence-corrected chi connectivity index (χ3v) is 3.22. The number of nitrogens with zero attached hydrogens (tertiary/aromatic N) is 1. The van der Waals surface area contributed by atoms with Crippen LogP contribution in [0, 0.1) is 0 Å². The van der Waals surface area contributed by atoms with Crippen molar-refractivity contribution in [2.75, 3.05) is 6.61 Å². The van der Waals surface area contributed by atoms with Crippen LogP contribution >= 0.6 is 0 Å². The van der Waals surface area contributed by atoms with Crippen molar-refractivity contribution in [2.45, 2.75) is 19.4 Å². The van der Waals surface area contributed by atoms with E-state index in [2.05, 4.69) is 4.99 Å². The number of ether oxygens (including phenoxy) is 1. The van der Waals surface area contributed by atoms with Gasteiger partial charge in [-0.1, -0.05) is 48.5 Å². The van der Waals surface area contributed by atoms with Gasteiger partial charge in [0, 0.05) is 12.6 Å². The number of rotatable bonds is 6. The first-order chi connectivity index (χ1) is 11.1. The molecule has 2 aromatic rings. The molecule has 125 valence electrons. The van der Waals surface area contributed by atoms with Gasteiger partial charge < -0.3 is 14.9 Å². The van der Waals surface area contributed by atoms with Gasteiger partial charge in [-0.05, 0) is 18.1 Å². The minimum absolute atomic E-state index is 0. The Bertz CT molecular complexity index is 686. The minimum atomic E-state index is -0.757. The van der Waals surface area contributed by atoms with Crippen LogP contribution in [0.5, 0.6) is 11.5 Å². The van der Waals surface area contributed by atoms with E-state index in [-0.39, 0.29) is 35.2 Å². The Balaban J connectivity index is 0.00000288. The molecule has 1 unspecified atom stereocenters. The summed E-state index contributed by atoms with van der Waals surface area (Å²) in [4.78, 5) is 16.3. The van der Waals surface area contributed by atoms with E-state index in [1.807, 2.05) is 0 Å². The Morgan fingerprint density at radius 2 is 1.83 bits per heavy atom. The quantitative estimate of drug-likeness (QED) is 0.440. The molecule has 0 spiro atoms. The molecule has 0 saturated carbocycles. The van der Waals surface area contributed by atoms with Crippen LogP contribution in [0.4, 0.5) is 0 Å². The molecule has 0 aliphatic rings. The summed E-state index contributed by atoms with van der Waals surface area (Å²) in [6, 6.07) is 11.9. The smallest absolute Gasteiger partial charge is 0.872 e. The molecule has 2 aromatic carbocycles. The summed E-state index contributed by atoms with van der Waals surface area (Å²) in [5, 5.41) is 22.8. The summed E-state index contributed by atoms with van der Waals surface area (Å²) in [5.41, 5.74) is 1.21. The third-order valence-electron chi connectivity index (χ3n) is 3.22. The van der Waals surface area contributed by atoms with Crippen LogP contribution < -0.4 is 10.2 Å². The van der Waals surface area contributed by atoms with E-state index in [1.54, 1.807) is 37.3 Å². The Kier molecular flexibility index (Phi) is 8.02. The molecule has 0 amide bonds. The van der Waals surface area contributed by atoms with Crippen molar-refractivity contribution in [2.24, 2.45) is 4.99 Å². The van der Waals surface area contributed by atoms with Gasteiger partial charge in [0.05, 0.1) is 6.61 Å². The molecule has 0 N–H and O–H groups in total. The van der Waals surface area contributed by atoms with E-state index >= 15 is 0 Å². The van der Waals surface area contributed by atoms with Gasteiger partial charge in [-0.2, -0.15) is 0 Å². The van der Waals surface area contributed by atoms with Crippen LogP contribution in [0.15, 0.2) is 53.5 Å². The molecule has 0 saturated heterocycles. The first kappa shape index (κ1) is 19.7. The number of benzene rings is 2. The maximum absolute atomic E-state index is 12.0. The van der Waals surface area contributed by atoms with Crippen LogP contribution in [0.25, 0.3) is 0 Å². The fourth-order valence-electron chi connectivity index (χ4n) is 2.04. The van der Waals surface area contributed by atoms with E-state index in [1.165, 1.54) is 24.4 Å². The summed E-state index contributed by atoms with van der Waals surface area (Å²) < 4.78 is 5.03. The average molecular weight is 366 g/mol. The van der Waals surface area contributed by atoms with Gasteiger partial charge >= 0.3 is 23.0 Å². The standard InChI is InChI=1S/C18H19NO4.Mn/c1-2-23-18(22)16(11-13-7-9-15(20)10-8-13)19-12-14-5-3-4-6-17(14)21;/h3-10,12,16,20-21H,2,11H2,1H3;/q;+2/p-2. The van der Waals surface area contributed by atoms with E-state index in [0.29, 0.717) is 12.0 Å². The Morgan fingerprint density at radius 1 is 1.17 bits per heavy atom. The van der Waals surface area contributed by atoms with Gasteiger partial charge in [0.25, 0.3) is 0 Å². The normalized spacial score (nSPS) is 11.7. The average Bonchev–Trinajstić information content (AvgIpc) is 2.55. The summed E-state index contributed by atoms with van der Waals surface area (Å²) in [6.45, 7) is 1.97. The Morgan fingerprint density at radius 3 is 2.46 bits per heavy atom. The third kappa shape index (κ3) is 5.72. The first-order valence-electron chi connectivity index (χ1n) is 7.32. The number of aliphatic imine (C=N–C) groups is 1. The zero-order valence-electron chi connectivity index (χ0n) is 13.1. The number of carbonyl (C=O) groups excluding carboxylic acids is 1. The molecule has 0 fully saturated rings. The topological polar surface area (TPSA) is 84.8 Å². The van der Waals surface area contributed by atoms with E-state index in [9.17, 15) is 15.0 Å². The largest absolute Gasteiger partial charge is 2.00 e. The molecule has 0 aliphatic carbocycles. The molecule has 24 heavy (non-hydrogen) atoms. The zero-order chi connectivity index (χ0) is 16.7. The molecule has 2 rings (SSSR count). The predicted octanol–water partition coefficient (Wildman–Crippen LogP) is 1.42. The van der Waals surface area contributed by atoms with Crippen LogP contribution in [0.1, 0.15) is 18.1 Å². The summed E-state index contributed by atoms with van der Waals surface area (Å²) in [7, 11) is 0. The van der Waals surface area contributed by atoms with Crippen molar-refractivity contribution < 1.29 is 36.8 Å². The van der Waals surface area contributed by atoms with E-state index < -0.39 is 12.0 Å². The fourth-order valence-corrected chi connectivity index (χ4v) is 2.04. The van der Waals surface area contributed by atoms with Crippen molar-refractivity contribution in [1.29, 1.82) is 0 Å². The molecule has 6 heteroatoms. The number of para-hydroxylation sites is 1. The number of carbonyl (C=O) groups is 1. The first-order valence-corrected chi connectivity index (χ1v) is 7.32. The summed E-state index contributed by atoms with van der Waals surface area (Å²) in [6.07, 6.45) is 1.70. The second-order valence-electron chi connectivity index (χ2n) is 4.93. The molecular formula is C18H17MnNO4. The van der Waals surface area contributed by atoms with Crippen molar-refractivity contribution in [3.05, 3.63) is 59.7 Å². The Hall–Kier alpha value is -2.30. The number of esters is 1. The molecule has 0 aliphatic heterocycles. The summed E-state index contributed by atoms with van der Waals surface area (Å²) in [5.74, 6) is -0.710. The molecule has 1 atom stereocenters. The van der Waals surface area contributed by atoms with Crippen molar-refractivity contribution in [3.63, 3.8) is 0 Å². The summed E-state index contributed by atoms with van der Waals surface area (Å²) >= 11 is 0. The van der Waals surface area contributed by atoms with Gasteiger partial charge in [0.2, 0.25) is 0 Å².